The molecule has 3 N–H and O–H groups in total. The van der Waals surface area contributed by atoms with E-state index in [-0.39, 0.29) is 10.8 Å². The highest BCUT2D eigenvalue weighted by Crippen LogP contribution is 2.25. The molecule has 0 amide bonds. The molecular formula is C16H21ClN4O2S2. The van der Waals surface area contributed by atoms with E-state index in [1.54, 1.807) is 6.07 Å². The summed E-state index contributed by atoms with van der Waals surface area (Å²) in [6.45, 7) is 3.91. The van der Waals surface area contributed by atoms with Crippen LogP contribution >= 0.6 is 22.9 Å². The lowest BCUT2D eigenvalue weighted by Gasteiger charge is -2.11. The van der Waals surface area contributed by atoms with Gasteiger partial charge in [-0.2, -0.15) is 0 Å². The number of nitrogens with zero attached hydrogens (tertiary/aromatic N) is 1. The first-order valence-corrected chi connectivity index (χ1v) is 10.5. The van der Waals surface area contributed by atoms with Crippen LogP contribution in [0.3, 0.4) is 0 Å². The van der Waals surface area contributed by atoms with Gasteiger partial charge in [-0.3, -0.25) is 0 Å². The van der Waals surface area contributed by atoms with Crippen molar-refractivity contribution >= 4 is 38.9 Å². The second kappa shape index (κ2) is 9.76. The zero-order valence-corrected chi connectivity index (χ0v) is 16.2. The number of nitrogens with one attached hydrogen (secondary N) is 3. The summed E-state index contributed by atoms with van der Waals surface area (Å²) < 4.78 is 27.4. The second-order valence-corrected chi connectivity index (χ2v) is 8.77. The zero-order chi connectivity index (χ0) is 18.1. The first kappa shape index (κ1) is 19.7. The molecule has 1 aromatic heterocycles. The summed E-state index contributed by atoms with van der Waals surface area (Å²) >= 11 is 6.81. The van der Waals surface area contributed by atoms with Crippen LogP contribution in [0, 0.1) is 0 Å². The maximum Gasteiger partial charge on any atom is 0.250 e. The van der Waals surface area contributed by atoms with E-state index in [1.165, 1.54) is 6.07 Å². The molecule has 1 heterocycles. The van der Waals surface area contributed by atoms with E-state index in [9.17, 15) is 8.42 Å². The lowest BCUT2D eigenvalue weighted by atomic mass is 10.2. The van der Waals surface area contributed by atoms with Crippen LogP contribution in [0.1, 0.15) is 12.5 Å². The predicted molar refractivity (Wildman–Crippen MR) is 104 cm³/mol. The van der Waals surface area contributed by atoms with Crippen LogP contribution in [-0.4, -0.2) is 34.0 Å². The molecule has 0 bridgehead atoms. The summed E-state index contributed by atoms with van der Waals surface area (Å²) in [7, 11) is -3.52. The molecule has 136 valence electrons. The van der Waals surface area contributed by atoms with E-state index in [1.807, 2.05) is 37.3 Å². The van der Waals surface area contributed by atoms with E-state index >= 15 is 0 Å². The van der Waals surface area contributed by atoms with Crippen molar-refractivity contribution in [2.75, 3.05) is 19.6 Å². The highest BCUT2D eigenvalue weighted by Gasteiger charge is 2.15. The molecule has 0 saturated heterocycles. The highest BCUT2D eigenvalue weighted by atomic mass is 35.5. The Kier molecular flexibility index (Phi) is 7.70. The summed E-state index contributed by atoms with van der Waals surface area (Å²) in [6, 6.07) is 13.0. The fraction of sp³-hybridized carbons (Fsp3) is 0.312. The number of halogens is 1. The number of thiophene rings is 1. The lowest BCUT2D eigenvalue weighted by Crippen LogP contribution is -2.41. The largest absolute Gasteiger partial charge is 0.357 e. The summed E-state index contributed by atoms with van der Waals surface area (Å²) in [5.74, 6) is 0.643. The maximum absolute atomic E-state index is 12.1. The maximum atomic E-state index is 12.1. The van der Waals surface area contributed by atoms with Crippen LogP contribution in [0.5, 0.6) is 0 Å². The molecule has 0 fully saturated rings. The van der Waals surface area contributed by atoms with Crippen molar-refractivity contribution in [3.05, 3.63) is 52.4 Å². The monoisotopic (exact) mass is 400 g/mol. The Hall–Kier alpha value is -1.61. The Labute approximate surface area is 157 Å². The van der Waals surface area contributed by atoms with Gasteiger partial charge in [0.1, 0.15) is 4.21 Å². The molecule has 0 aliphatic carbocycles. The Bertz CT molecular complexity index is 791. The van der Waals surface area contributed by atoms with Gasteiger partial charge in [0.05, 0.1) is 10.9 Å². The average molecular weight is 401 g/mol. The van der Waals surface area contributed by atoms with Crippen LogP contribution < -0.4 is 15.4 Å². The Morgan fingerprint density at radius 3 is 2.52 bits per heavy atom. The van der Waals surface area contributed by atoms with Gasteiger partial charge in [-0.1, -0.05) is 41.9 Å². The molecule has 25 heavy (non-hydrogen) atoms. The first-order chi connectivity index (χ1) is 12.0. The van der Waals surface area contributed by atoms with Gasteiger partial charge in [0.2, 0.25) is 10.0 Å². The highest BCUT2D eigenvalue weighted by molar-refractivity contribution is 7.91. The molecule has 0 aliphatic rings. The molecule has 0 atom stereocenters. The van der Waals surface area contributed by atoms with Crippen LogP contribution in [0.4, 0.5) is 0 Å². The van der Waals surface area contributed by atoms with E-state index in [4.69, 9.17) is 11.6 Å². The van der Waals surface area contributed by atoms with Crippen molar-refractivity contribution < 1.29 is 8.42 Å². The molecule has 0 radical (unpaired) electrons. The van der Waals surface area contributed by atoms with Gasteiger partial charge in [-0.25, -0.2) is 18.1 Å². The minimum Gasteiger partial charge on any atom is -0.357 e. The molecule has 1 aromatic carbocycles. The molecular weight excluding hydrogens is 380 g/mol. The SMILES string of the molecule is CCNC(=NCc1ccccc1)NCCNS(=O)(=O)c1ccc(Cl)s1. The number of aliphatic imine (C=N–C) groups is 1. The average Bonchev–Trinajstić information content (AvgIpc) is 3.05. The van der Waals surface area contributed by atoms with Gasteiger partial charge in [0.15, 0.2) is 5.96 Å². The molecule has 0 unspecified atom stereocenters. The number of sulfonamides is 1. The molecule has 2 rings (SSSR count). The Morgan fingerprint density at radius 1 is 1.12 bits per heavy atom. The topological polar surface area (TPSA) is 82.6 Å². The second-order valence-electron chi connectivity index (χ2n) is 5.06. The number of guanidine groups is 1. The Morgan fingerprint density at radius 2 is 1.88 bits per heavy atom. The van der Waals surface area contributed by atoms with Gasteiger partial charge in [0.25, 0.3) is 0 Å². The molecule has 6 nitrogen and oxygen atoms in total. The molecule has 0 aliphatic heterocycles. The lowest BCUT2D eigenvalue weighted by molar-refractivity contribution is 0.582. The van der Waals surface area contributed by atoms with E-state index in [2.05, 4.69) is 20.3 Å². The third-order valence-corrected chi connectivity index (χ3v) is 6.31. The van der Waals surface area contributed by atoms with Crippen molar-refractivity contribution in [3.63, 3.8) is 0 Å². The predicted octanol–water partition coefficient (Wildman–Crippen LogP) is 2.44. The van der Waals surface area contributed by atoms with Crippen LogP contribution in [0.25, 0.3) is 0 Å². The van der Waals surface area contributed by atoms with Crippen LogP contribution in [0.15, 0.2) is 51.7 Å². The van der Waals surface area contributed by atoms with Crippen molar-refractivity contribution in [1.29, 1.82) is 0 Å². The van der Waals surface area contributed by atoms with Crippen molar-refractivity contribution in [3.8, 4) is 0 Å². The van der Waals surface area contributed by atoms with Crippen LogP contribution in [-0.2, 0) is 16.6 Å². The minimum atomic E-state index is -3.52. The smallest absolute Gasteiger partial charge is 0.250 e. The molecule has 0 saturated carbocycles. The normalized spacial score (nSPS) is 12.2. The summed E-state index contributed by atoms with van der Waals surface area (Å²) in [5, 5.41) is 6.24. The van der Waals surface area contributed by atoms with Crippen LogP contribution in [0.2, 0.25) is 4.34 Å². The van der Waals surface area contributed by atoms with Gasteiger partial charge >= 0.3 is 0 Å². The van der Waals surface area contributed by atoms with Gasteiger partial charge in [-0.05, 0) is 24.6 Å². The van der Waals surface area contributed by atoms with Crippen molar-refractivity contribution in [1.82, 2.24) is 15.4 Å². The van der Waals surface area contributed by atoms with E-state index in [0.717, 1.165) is 23.4 Å². The molecule has 2 aromatic rings. The molecule has 0 spiro atoms. The van der Waals surface area contributed by atoms with E-state index < -0.39 is 10.0 Å². The van der Waals surface area contributed by atoms with E-state index in [0.29, 0.717) is 23.4 Å². The number of rotatable bonds is 8. The van der Waals surface area contributed by atoms with Gasteiger partial charge < -0.3 is 10.6 Å². The van der Waals surface area contributed by atoms with Gasteiger partial charge in [0, 0.05) is 19.6 Å². The Balaban J connectivity index is 1.83. The third kappa shape index (κ3) is 6.66. The summed E-state index contributed by atoms with van der Waals surface area (Å²) in [5.41, 5.74) is 1.11. The number of hydrogen-bond acceptors (Lipinski definition) is 4. The zero-order valence-electron chi connectivity index (χ0n) is 13.8. The standard InChI is InChI=1S/C16H21ClN4O2S2/c1-2-18-16(20-12-13-6-4-3-5-7-13)19-10-11-21-25(22,23)15-9-8-14(17)24-15/h3-9,21H,2,10-12H2,1H3,(H2,18,19,20). The summed E-state index contributed by atoms with van der Waals surface area (Å²) in [6.07, 6.45) is 0. The fourth-order valence-corrected chi connectivity index (χ4v) is 4.53. The fourth-order valence-electron chi connectivity index (χ4n) is 1.98. The quantitative estimate of drug-likeness (QED) is 0.361. The first-order valence-electron chi connectivity index (χ1n) is 7.82. The molecule has 9 heteroatoms. The third-order valence-electron chi connectivity index (χ3n) is 3.13. The number of hydrogen-bond donors (Lipinski definition) is 3. The number of benzene rings is 1. The van der Waals surface area contributed by atoms with Gasteiger partial charge in [-0.15, -0.1) is 11.3 Å². The van der Waals surface area contributed by atoms with Crippen molar-refractivity contribution in [2.24, 2.45) is 4.99 Å². The summed E-state index contributed by atoms with van der Waals surface area (Å²) in [4.78, 5) is 4.48. The van der Waals surface area contributed by atoms with Crippen molar-refractivity contribution in [2.45, 2.75) is 17.7 Å². The minimum absolute atomic E-state index is 0.210.